The van der Waals surface area contributed by atoms with E-state index in [9.17, 15) is 4.79 Å². The van der Waals surface area contributed by atoms with Crippen LogP contribution in [0.25, 0.3) is 5.57 Å². The van der Waals surface area contributed by atoms with Crippen molar-refractivity contribution in [1.29, 1.82) is 0 Å². The Morgan fingerprint density at radius 1 is 1.07 bits per heavy atom. The summed E-state index contributed by atoms with van der Waals surface area (Å²) >= 11 is 0. The number of fused-ring (bicyclic) bond motifs is 3. The maximum Gasteiger partial charge on any atom is 0.173 e. The van der Waals surface area contributed by atoms with Crippen molar-refractivity contribution in [1.82, 2.24) is 9.88 Å². The SMILES string of the molecule is O=C1C(c2ccccc2)=COC2C1CCC1OCN(Cc3ccccn3)CC12. The van der Waals surface area contributed by atoms with Gasteiger partial charge < -0.3 is 9.47 Å². The first-order chi connectivity index (χ1) is 13.8. The Kier molecular flexibility index (Phi) is 4.71. The molecule has 0 radical (unpaired) electrons. The summed E-state index contributed by atoms with van der Waals surface area (Å²) in [5, 5.41) is 0. The molecular formula is C23H24N2O3. The summed E-state index contributed by atoms with van der Waals surface area (Å²) in [5.74, 6) is 0.330. The molecule has 0 N–H and O–H groups in total. The molecular weight excluding hydrogens is 352 g/mol. The number of nitrogens with zero attached hydrogens (tertiary/aromatic N) is 2. The molecule has 5 rings (SSSR count). The molecule has 1 aromatic carbocycles. The lowest BCUT2D eigenvalue weighted by Gasteiger charge is -2.48. The van der Waals surface area contributed by atoms with E-state index in [0.29, 0.717) is 12.3 Å². The van der Waals surface area contributed by atoms with Gasteiger partial charge in [-0.15, -0.1) is 0 Å². The smallest absolute Gasteiger partial charge is 0.173 e. The van der Waals surface area contributed by atoms with E-state index in [0.717, 1.165) is 37.2 Å². The maximum absolute atomic E-state index is 13.2. The van der Waals surface area contributed by atoms with Gasteiger partial charge in [0.15, 0.2) is 5.78 Å². The summed E-state index contributed by atoms with van der Waals surface area (Å²) in [6.45, 7) is 2.22. The van der Waals surface area contributed by atoms with E-state index < -0.39 is 0 Å². The molecule has 5 nitrogen and oxygen atoms in total. The molecule has 2 aliphatic heterocycles. The zero-order valence-electron chi connectivity index (χ0n) is 15.7. The van der Waals surface area contributed by atoms with Crippen LogP contribution in [0.15, 0.2) is 61.0 Å². The summed E-state index contributed by atoms with van der Waals surface area (Å²) < 4.78 is 12.3. The minimum atomic E-state index is -0.106. The van der Waals surface area contributed by atoms with Gasteiger partial charge in [-0.3, -0.25) is 14.7 Å². The first-order valence-electron chi connectivity index (χ1n) is 9.99. The fraction of sp³-hybridized carbons (Fsp3) is 0.391. The van der Waals surface area contributed by atoms with Crippen LogP contribution in [0.2, 0.25) is 0 Å². The highest BCUT2D eigenvalue weighted by Gasteiger charge is 2.49. The highest BCUT2D eigenvalue weighted by atomic mass is 16.5. The van der Waals surface area contributed by atoms with Gasteiger partial charge in [0.05, 0.1) is 36.3 Å². The number of pyridine rings is 1. The van der Waals surface area contributed by atoms with Crippen molar-refractivity contribution in [3.8, 4) is 0 Å². The van der Waals surface area contributed by atoms with Crippen molar-refractivity contribution in [2.75, 3.05) is 13.3 Å². The second-order valence-electron chi connectivity index (χ2n) is 7.88. The molecule has 2 aromatic rings. The molecule has 4 atom stereocenters. The Hall–Kier alpha value is -2.50. The van der Waals surface area contributed by atoms with Gasteiger partial charge in [-0.2, -0.15) is 0 Å². The third-order valence-corrected chi connectivity index (χ3v) is 6.14. The lowest BCUT2D eigenvalue weighted by molar-refractivity contribution is -0.171. The van der Waals surface area contributed by atoms with Gasteiger partial charge in [0.1, 0.15) is 6.10 Å². The average molecular weight is 376 g/mol. The molecule has 1 aromatic heterocycles. The molecule has 1 saturated heterocycles. The fourth-order valence-corrected chi connectivity index (χ4v) is 4.75. The number of ether oxygens (including phenoxy) is 2. The summed E-state index contributed by atoms with van der Waals surface area (Å²) in [6, 6.07) is 15.8. The second kappa shape index (κ2) is 7.49. The van der Waals surface area contributed by atoms with Crippen LogP contribution in [0, 0.1) is 11.8 Å². The zero-order chi connectivity index (χ0) is 18.9. The second-order valence-corrected chi connectivity index (χ2v) is 7.88. The Morgan fingerprint density at radius 3 is 2.75 bits per heavy atom. The molecule has 0 bridgehead atoms. The Balaban J connectivity index is 1.34. The molecule has 144 valence electrons. The van der Waals surface area contributed by atoms with E-state index in [1.807, 2.05) is 54.7 Å². The van der Waals surface area contributed by atoms with E-state index in [4.69, 9.17) is 9.47 Å². The number of allylic oxidation sites excluding steroid dienone is 1. The van der Waals surface area contributed by atoms with Gasteiger partial charge in [0, 0.05) is 25.2 Å². The summed E-state index contributed by atoms with van der Waals surface area (Å²) in [7, 11) is 0. The highest BCUT2D eigenvalue weighted by Crippen LogP contribution is 2.42. The van der Waals surface area contributed by atoms with Crippen molar-refractivity contribution in [2.24, 2.45) is 11.8 Å². The van der Waals surface area contributed by atoms with Gasteiger partial charge in [0.25, 0.3) is 0 Å². The number of hydrogen-bond acceptors (Lipinski definition) is 5. The minimum Gasteiger partial charge on any atom is -0.496 e. The standard InChI is InChI=1S/C23H24N2O3/c26-22-18-9-10-21-19(13-25(15-28-21)12-17-8-4-5-11-24-17)23(18)27-14-20(22)16-6-2-1-3-7-16/h1-8,11,14,18-19,21,23H,9-10,12-13,15H2. The third kappa shape index (κ3) is 3.25. The van der Waals surface area contributed by atoms with Crippen LogP contribution in [0.5, 0.6) is 0 Å². The van der Waals surface area contributed by atoms with Crippen LogP contribution in [-0.4, -0.2) is 41.2 Å². The quantitative estimate of drug-likeness (QED) is 0.823. The van der Waals surface area contributed by atoms with E-state index >= 15 is 0 Å². The molecule has 2 fully saturated rings. The fourth-order valence-electron chi connectivity index (χ4n) is 4.75. The van der Waals surface area contributed by atoms with Crippen molar-refractivity contribution >= 4 is 11.4 Å². The zero-order valence-corrected chi connectivity index (χ0v) is 15.7. The van der Waals surface area contributed by atoms with E-state index in [-0.39, 0.29) is 29.8 Å². The minimum absolute atomic E-state index is 0.0835. The number of Topliss-reactive ketones (excluding diaryl/α,β-unsaturated/α-hetero) is 1. The van der Waals surface area contributed by atoms with Gasteiger partial charge in [-0.1, -0.05) is 36.4 Å². The maximum atomic E-state index is 13.2. The monoisotopic (exact) mass is 376 g/mol. The van der Waals surface area contributed by atoms with Crippen LogP contribution >= 0.6 is 0 Å². The Bertz CT molecular complexity index is 868. The summed E-state index contributed by atoms with van der Waals surface area (Å²) in [5.41, 5.74) is 2.66. The van der Waals surface area contributed by atoms with Crippen molar-refractivity contribution < 1.29 is 14.3 Å². The molecule has 0 spiro atoms. The number of aromatic nitrogens is 1. The first-order valence-corrected chi connectivity index (χ1v) is 9.99. The molecule has 1 saturated carbocycles. The third-order valence-electron chi connectivity index (χ3n) is 6.14. The van der Waals surface area contributed by atoms with Crippen molar-refractivity contribution in [3.05, 3.63) is 72.2 Å². The van der Waals surface area contributed by atoms with Crippen LogP contribution in [-0.2, 0) is 20.8 Å². The van der Waals surface area contributed by atoms with E-state index in [2.05, 4.69) is 9.88 Å². The van der Waals surface area contributed by atoms with E-state index in [1.165, 1.54) is 0 Å². The molecule has 0 amide bonds. The molecule has 4 unspecified atom stereocenters. The lowest BCUT2D eigenvalue weighted by atomic mass is 9.71. The molecule has 5 heteroatoms. The van der Waals surface area contributed by atoms with Crippen LogP contribution in [0.1, 0.15) is 24.1 Å². The summed E-state index contributed by atoms with van der Waals surface area (Å²) in [4.78, 5) is 19.9. The molecule has 3 heterocycles. The number of hydrogen-bond donors (Lipinski definition) is 0. The average Bonchev–Trinajstić information content (AvgIpc) is 2.75. The Labute approximate surface area is 165 Å². The van der Waals surface area contributed by atoms with Crippen molar-refractivity contribution in [2.45, 2.75) is 31.6 Å². The lowest BCUT2D eigenvalue weighted by Crippen LogP contribution is -2.56. The van der Waals surface area contributed by atoms with Gasteiger partial charge in [-0.05, 0) is 30.5 Å². The first kappa shape index (κ1) is 17.6. The molecule has 1 aliphatic carbocycles. The van der Waals surface area contributed by atoms with Gasteiger partial charge in [0.2, 0.25) is 0 Å². The van der Waals surface area contributed by atoms with Crippen LogP contribution < -0.4 is 0 Å². The normalized spacial score (nSPS) is 30.0. The van der Waals surface area contributed by atoms with Crippen LogP contribution in [0.3, 0.4) is 0 Å². The molecule has 28 heavy (non-hydrogen) atoms. The van der Waals surface area contributed by atoms with Crippen LogP contribution in [0.4, 0.5) is 0 Å². The summed E-state index contributed by atoms with van der Waals surface area (Å²) in [6.07, 6.45) is 5.30. The van der Waals surface area contributed by atoms with Crippen molar-refractivity contribution in [3.63, 3.8) is 0 Å². The predicted octanol–water partition coefficient (Wildman–Crippen LogP) is 3.28. The van der Waals surface area contributed by atoms with Gasteiger partial charge in [-0.25, -0.2) is 0 Å². The Morgan fingerprint density at radius 2 is 1.93 bits per heavy atom. The number of rotatable bonds is 3. The van der Waals surface area contributed by atoms with Gasteiger partial charge >= 0.3 is 0 Å². The topological polar surface area (TPSA) is 51.7 Å². The largest absolute Gasteiger partial charge is 0.496 e. The number of ketones is 1. The predicted molar refractivity (Wildman–Crippen MR) is 105 cm³/mol. The van der Waals surface area contributed by atoms with E-state index in [1.54, 1.807) is 6.26 Å². The number of carbonyl (C=O) groups is 1. The number of carbonyl (C=O) groups excluding carboxylic acids is 1. The number of benzene rings is 1. The molecule has 3 aliphatic rings. The highest BCUT2D eigenvalue weighted by molar-refractivity contribution is 6.22.